The van der Waals surface area contributed by atoms with Crippen molar-refractivity contribution in [3.8, 4) is 0 Å². The fourth-order valence-electron chi connectivity index (χ4n) is 9.92. The van der Waals surface area contributed by atoms with Gasteiger partial charge in [-0.25, -0.2) is 0 Å². The van der Waals surface area contributed by atoms with Gasteiger partial charge in [0.05, 0.1) is 27.7 Å². The van der Waals surface area contributed by atoms with Crippen molar-refractivity contribution >= 4 is 19.8 Å². The smallest absolute Gasteiger partial charge is 0.306 e. The number of quaternary nitrogens is 1. The number of unbranched alkanes of at least 4 members (excludes halogenated alkanes) is 43. The minimum Gasteiger partial charge on any atom is -0.756 e. The van der Waals surface area contributed by atoms with Crippen LogP contribution in [0.1, 0.15) is 335 Å². The molecular weight excluding hydrogens is 990 g/mol. The third-order valence-corrected chi connectivity index (χ3v) is 16.1. The number of hydrogen-bond donors (Lipinski definition) is 0. The van der Waals surface area contributed by atoms with Crippen molar-refractivity contribution in [2.75, 3.05) is 47.5 Å². The normalized spacial score (nSPS) is 13.4. The Morgan fingerprint density at radius 3 is 1.05 bits per heavy atom. The number of likely N-dealkylation sites (N-methyl/N-ethyl adjacent to an activating group) is 1. The molecular formula is C68H130NO8P. The van der Waals surface area contributed by atoms with Crippen LogP contribution in [0.5, 0.6) is 0 Å². The van der Waals surface area contributed by atoms with Crippen molar-refractivity contribution in [2.45, 2.75) is 341 Å². The van der Waals surface area contributed by atoms with Gasteiger partial charge in [0.2, 0.25) is 0 Å². The summed E-state index contributed by atoms with van der Waals surface area (Å²) >= 11 is 0. The van der Waals surface area contributed by atoms with E-state index in [1.165, 1.54) is 250 Å². The predicted molar refractivity (Wildman–Crippen MR) is 333 cm³/mol. The average molecular weight is 1120 g/mol. The highest BCUT2D eigenvalue weighted by Crippen LogP contribution is 2.38. The lowest BCUT2D eigenvalue weighted by Gasteiger charge is -2.28. The average Bonchev–Trinajstić information content (AvgIpc) is 3.40. The number of ether oxygens (including phenoxy) is 2. The van der Waals surface area contributed by atoms with Gasteiger partial charge in [0.1, 0.15) is 19.8 Å². The van der Waals surface area contributed by atoms with Crippen molar-refractivity contribution in [1.82, 2.24) is 0 Å². The molecule has 9 nitrogen and oxygen atoms in total. The van der Waals surface area contributed by atoms with E-state index in [1.807, 2.05) is 21.1 Å². The van der Waals surface area contributed by atoms with Crippen LogP contribution in [0.3, 0.4) is 0 Å². The summed E-state index contributed by atoms with van der Waals surface area (Å²) in [6.45, 7) is 4.25. The molecule has 0 N–H and O–H groups in total. The van der Waals surface area contributed by atoms with Crippen LogP contribution in [0.4, 0.5) is 0 Å². The van der Waals surface area contributed by atoms with Crippen LogP contribution < -0.4 is 4.89 Å². The molecule has 78 heavy (non-hydrogen) atoms. The first-order valence-corrected chi connectivity index (χ1v) is 35.2. The van der Waals surface area contributed by atoms with E-state index in [0.717, 1.165) is 51.4 Å². The largest absolute Gasteiger partial charge is 0.756 e. The van der Waals surface area contributed by atoms with E-state index < -0.39 is 26.5 Å². The van der Waals surface area contributed by atoms with Crippen LogP contribution in [0.25, 0.3) is 0 Å². The van der Waals surface area contributed by atoms with Gasteiger partial charge in [0.25, 0.3) is 7.82 Å². The minimum atomic E-state index is -4.64. The third kappa shape index (κ3) is 63.4. The summed E-state index contributed by atoms with van der Waals surface area (Å²) in [6, 6.07) is 0. The summed E-state index contributed by atoms with van der Waals surface area (Å²) in [5, 5.41) is 0. The molecule has 0 rings (SSSR count). The molecule has 0 aromatic carbocycles. The Bertz CT molecular complexity index is 1410. The summed E-state index contributed by atoms with van der Waals surface area (Å²) in [6.07, 6.45) is 75.2. The first-order valence-electron chi connectivity index (χ1n) is 33.7. The quantitative estimate of drug-likeness (QED) is 0.0195. The molecule has 0 aromatic rings. The molecule has 0 radical (unpaired) electrons. The van der Waals surface area contributed by atoms with Crippen LogP contribution in [0.2, 0.25) is 0 Å². The molecule has 2 unspecified atom stereocenters. The summed E-state index contributed by atoms with van der Waals surface area (Å²) < 4.78 is 34.2. The first-order chi connectivity index (χ1) is 38.0. The van der Waals surface area contributed by atoms with Crippen LogP contribution in [0, 0.1) is 0 Å². The molecule has 10 heteroatoms. The van der Waals surface area contributed by atoms with Gasteiger partial charge >= 0.3 is 11.9 Å². The predicted octanol–water partition coefficient (Wildman–Crippen LogP) is 20.9. The maximum Gasteiger partial charge on any atom is 0.306 e. The lowest BCUT2D eigenvalue weighted by atomic mass is 10.0. The van der Waals surface area contributed by atoms with Gasteiger partial charge in [-0.05, 0) is 70.6 Å². The van der Waals surface area contributed by atoms with E-state index in [4.69, 9.17) is 18.5 Å². The molecule has 0 amide bonds. The lowest BCUT2D eigenvalue weighted by molar-refractivity contribution is -0.870. The third-order valence-electron chi connectivity index (χ3n) is 15.1. The summed E-state index contributed by atoms with van der Waals surface area (Å²) in [5.41, 5.74) is 0. The Labute approximate surface area is 484 Å². The van der Waals surface area contributed by atoms with Gasteiger partial charge < -0.3 is 27.9 Å². The molecule has 0 aliphatic rings. The van der Waals surface area contributed by atoms with Crippen molar-refractivity contribution in [1.29, 1.82) is 0 Å². The Kier molecular flexibility index (Phi) is 58.5. The molecule has 0 saturated heterocycles. The topological polar surface area (TPSA) is 111 Å². The van der Waals surface area contributed by atoms with E-state index >= 15 is 0 Å². The molecule has 0 heterocycles. The highest BCUT2D eigenvalue weighted by atomic mass is 31.2. The Balaban J connectivity index is 3.90. The molecule has 2 atom stereocenters. The zero-order valence-corrected chi connectivity index (χ0v) is 53.3. The zero-order chi connectivity index (χ0) is 57.0. The SMILES string of the molecule is CCCCC/C=C\C/C=C\CCCCCCCCCC(=O)OC(COC(=O)CCCCCCCCCCCCCCCCCCCCCCCCCCC/C=C\CCCCCCCCCC)COP(=O)([O-])OCC[N+](C)(C)C. The number of hydrogen-bond acceptors (Lipinski definition) is 8. The summed E-state index contributed by atoms with van der Waals surface area (Å²) in [7, 11) is 1.17. The highest BCUT2D eigenvalue weighted by Gasteiger charge is 2.22. The second-order valence-corrected chi connectivity index (χ2v) is 25.6. The van der Waals surface area contributed by atoms with Gasteiger partial charge in [0, 0.05) is 12.8 Å². The molecule has 0 aliphatic carbocycles. The van der Waals surface area contributed by atoms with Gasteiger partial charge in [-0.1, -0.05) is 288 Å². The Hall–Kier alpha value is -1.77. The van der Waals surface area contributed by atoms with Crippen LogP contribution in [-0.2, 0) is 32.7 Å². The van der Waals surface area contributed by atoms with E-state index in [9.17, 15) is 19.0 Å². The van der Waals surface area contributed by atoms with Crippen molar-refractivity contribution < 1.29 is 42.1 Å². The number of phosphoric ester groups is 1. The van der Waals surface area contributed by atoms with Crippen LogP contribution in [0.15, 0.2) is 36.5 Å². The molecule has 0 saturated carbocycles. The fourth-order valence-corrected chi connectivity index (χ4v) is 10.6. The number of esters is 2. The second kappa shape index (κ2) is 59.8. The van der Waals surface area contributed by atoms with E-state index in [2.05, 4.69) is 50.3 Å². The van der Waals surface area contributed by atoms with Gasteiger partial charge in [0.15, 0.2) is 6.10 Å². The van der Waals surface area contributed by atoms with E-state index in [1.54, 1.807) is 0 Å². The molecule has 0 spiro atoms. The summed E-state index contributed by atoms with van der Waals surface area (Å²) in [4.78, 5) is 37.9. The Morgan fingerprint density at radius 1 is 0.397 bits per heavy atom. The van der Waals surface area contributed by atoms with Crippen molar-refractivity contribution in [2.24, 2.45) is 0 Å². The number of carbonyl (C=O) groups excluding carboxylic acids is 2. The number of phosphoric acid groups is 1. The number of allylic oxidation sites excluding steroid dienone is 6. The van der Waals surface area contributed by atoms with Gasteiger partial charge in [-0.3, -0.25) is 14.2 Å². The monoisotopic (exact) mass is 1120 g/mol. The number of carbonyl (C=O) groups is 2. The highest BCUT2D eigenvalue weighted by molar-refractivity contribution is 7.45. The van der Waals surface area contributed by atoms with E-state index in [0.29, 0.717) is 17.4 Å². The second-order valence-electron chi connectivity index (χ2n) is 24.2. The standard InChI is InChI=1S/C68H130NO8P/c1-6-8-10-12-14-16-18-20-22-24-25-26-27-28-29-30-31-32-33-34-35-36-37-38-39-40-41-42-43-45-46-48-50-52-54-56-58-60-67(70)74-64-66(65-76-78(72,73)75-63-62-69(3,4)5)77-68(71)61-59-57-55-53-51-49-47-44-23-21-19-17-15-13-11-9-7-2/h15,17,21,23-25,66H,6-14,16,18-20,22,26-65H2,1-5H3/b17-15-,23-21-,25-24-. The minimum absolute atomic E-state index is 0.0308. The van der Waals surface area contributed by atoms with Crippen molar-refractivity contribution in [3.63, 3.8) is 0 Å². The Morgan fingerprint density at radius 2 is 0.692 bits per heavy atom. The maximum absolute atomic E-state index is 12.8. The summed E-state index contributed by atoms with van der Waals surface area (Å²) in [5.74, 6) is -0.827. The molecule has 0 aromatic heterocycles. The van der Waals surface area contributed by atoms with Crippen LogP contribution >= 0.6 is 7.82 Å². The van der Waals surface area contributed by atoms with Gasteiger partial charge in [-0.2, -0.15) is 0 Å². The first kappa shape index (κ1) is 76.2. The van der Waals surface area contributed by atoms with Crippen LogP contribution in [-0.4, -0.2) is 70.0 Å². The zero-order valence-electron chi connectivity index (χ0n) is 52.4. The fraction of sp³-hybridized carbons (Fsp3) is 0.882. The number of nitrogens with zero attached hydrogens (tertiary/aromatic N) is 1. The molecule has 0 aliphatic heterocycles. The molecule has 460 valence electrons. The van der Waals surface area contributed by atoms with Gasteiger partial charge in [-0.15, -0.1) is 0 Å². The number of rotatable bonds is 63. The molecule has 0 fully saturated rings. The maximum atomic E-state index is 12.8. The molecule has 0 bridgehead atoms. The lowest BCUT2D eigenvalue weighted by Crippen LogP contribution is -2.37. The van der Waals surface area contributed by atoms with Crippen molar-refractivity contribution in [3.05, 3.63) is 36.5 Å². The van der Waals surface area contributed by atoms with E-state index in [-0.39, 0.29) is 32.0 Å².